The molecule has 22 rings (SSSR count). The van der Waals surface area contributed by atoms with Crippen molar-refractivity contribution in [2.75, 3.05) is 19.6 Å². The second-order valence-corrected chi connectivity index (χ2v) is 31.6. The van der Waals surface area contributed by atoms with Crippen LogP contribution in [0.4, 0.5) is 68.2 Å². The van der Waals surface area contributed by atoms with Gasteiger partial charge >= 0.3 is 0 Å². The summed E-state index contributed by atoms with van der Waals surface area (Å²) in [6.45, 7) is 0. The monoisotopic (exact) mass is 1640 g/mol. The van der Waals surface area contributed by atoms with E-state index in [1.54, 1.807) is 0 Å². The average Bonchev–Trinajstić information content (AvgIpc) is 0.716. The molecule has 0 fully saturated rings. The molecule has 8 heteroatoms. The van der Waals surface area contributed by atoms with E-state index >= 15 is 0 Å². The molecule has 0 amide bonds. The molecule has 22 aromatic rings. The van der Waals surface area contributed by atoms with Crippen LogP contribution in [0.1, 0.15) is 0 Å². The largest absolute Gasteiger partial charge is 0.311 e. The van der Waals surface area contributed by atoms with Crippen LogP contribution in [-0.2, 0) is 0 Å². The standard InChI is InChI=1S/2C60H42N4/c1-4-17-47(18-5-1)63(48-19-6-2-7-20-48)50-37-39-51(40-38-50)64(49-21-8-3-9-22-49)57-28-16-25-54-58(45-33-29-43(30-34-45)55-26-12-14-41-61-55)52-23-10-11-24-53(52)59(60(54)57)46-35-31-44(32-36-46)56-27-13-15-42-62-56;1-4-16-47(17-5-1)63(48-18-6-2-7-19-48)50-34-36-51(37-35-50)64(49-20-8-3-9-21-49)52-38-39-55-56(42-52)60(46-32-28-44(29-33-46)58-25-13-15-41-62-58)54-23-11-10-22-53(54)59(55)45-30-26-43(27-31-45)57-24-12-14-40-61-57/h2*1-42H. The van der Waals surface area contributed by atoms with Gasteiger partial charge in [0.05, 0.1) is 28.5 Å². The summed E-state index contributed by atoms with van der Waals surface area (Å²) >= 11 is 0. The predicted octanol–water partition coefficient (Wildman–Crippen LogP) is 32.8. The first-order chi connectivity index (χ1) is 63.5. The smallest absolute Gasteiger partial charge is 0.0701 e. The third kappa shape index (κ3) is 15.7. The first-order valence-electron chi connectivity index (χ1n) is 43.3. The van der Waals surface area contributed by atoms with Crippen molar-refractivity contribution in [3.05, 3.63) is 510 Å². The predicted molar refractivity (Wildman–Crippen MR) is 536 cm³/mol. The van der Waals surface area contributed by atoms with Crippen molar-refractivity contribution in [2.45, 2.75) is 0 Å². The van der Waals surface area contributed by atoms with Crippen LogP contribution in [0.15, 0.2) is 510 Å². The zero-order valence-electron chi connectivity index (χ0n) is 70.1. The Labute approximate surface area is 745 Å². The topological polar surface area (TPSA) is 64.5 Å². The lowest BCUT2D eigenvalue weighted by atomic mass is 9.84. The highest BCUT2D eigenvalue weighted by atomic mass is 15.2. The molecule has 0 bridgehead atoms. The maximum absolute atomic E-state index is 4.66. The highest BCUT2D eigenvalue weighted by Gasteiger charge is 2.27. The summed E-state index contributed by atoms with van der Waals surface area (Å²) in [6, 6.07) is 173. The van der Waals surface area contributed by atoms with Crippen LogP contribution in [0.2, 0.25) is 0 Å². The average molecular weight is 1640 g/mol. The van der Waals surface area contributed by atoms with E-state index < -0.39 is 0 Å². The molecule has 0 atom stereocenters. The number of para-hydroxylation sites is 6. The molecule has 4 aromatic heterocycles. The molecule has 0 saturated carbocycles. The van der Waals surface area contributed by atoms with Gasteiger partial charge in [-0.05, 0) is 270 Å². The normalized spacial score (nSPS) is 11.1. The quantitative estimate of drug-likeness (QED) is 0.0700. The number of hydrogen-bond acceptors (Lipinski definition) is 8. The van der Waals surface area contributed by atoms with E-state index in [0.29, 0.717) is 0 Å². The van der Waals surface area contributed by atoms with Crippen LogP contribution < -0.4 is 19.6 Å². The van der Waals surface area contributed by atoms with Crippen molar-refractivity contribution in [2.24, 2.45) is 0 Å². The van der Waals surface area contributed by atoms with Crippen LogP contribution in [0.3, 0.4) is 0 Å². The Kier molecular flexibility index (Phi) is 21.8. The number of fused-ring (bicyclic) bond motifs is 4. The van der Waals surface area contributed by atoms with Crippen LogP contribution in [0.25, 0.3) is 133 Å². The number of anilines is 12. The zero-order chi connectivity index (χ0) is 85.3. The van der Waals surface area contributed by atoms with Gasteiger partial charge in [0.15, 0.2) is 0 Å². The summed E-state index contributed by atoms with van der Waals surface area (Å²) in [6.07, 6.45) is 7.40. The van der Waals surface area contributed by atoms with Crippen LogP contribution >= 0.6 is 0 Å². The third-order valence-corrected chi connectivity index (χ3v) is 23.9. The molecule has 18 aromatic carbocycles. The minimum atomic E-state index is 0.950. The van der Waals surface area contributed by atoms with E-state index in [-0.39, 0.29) is 0 Å². The Balaban J connectivity index is 0.000000156. The van der Waals surface area contributed by atoms with Crippen molar-refractivity contribution in [1.82, 2.24) is 19.9 Å². The first-order valence-corrected chi connectivity index (χ1v) is 43.3. The molecular formula is C120H84N8. The molecule has 0 spiro atoms. The Bertz CT molecular complexity index is 7380. The Morgan fingerprint density at radius 2 is 0.352 bits per heavy atom. The number of rotatable bonds is 20. The molecule has 604 valence electrons. The minimum absolute atomic E-state index is 0.950. The summed E-state index contributed by atoms with van der Waals surface area (Å²) in [5.41, 5.74) is 30.4. The highest BCUT2D eigenvalue weighted by molar-refractivity contribution is 6.26. The Morgan fingerprint density at radius 1 is 0.133 bits per heavy atom. The van der Waals surface area contributed by atoms with Crippen molar-refractivity contribution < 1.29 is 0 Å². The second-order valence-electron chi connectivity index (χ2n) is 31.6. The second kappa shape index (κ2) is 35.7. The minimum Gasteiger partial charge on any atom is -0.311 e. The summed E-state index contributed by atoms with van der Waals surface area (Å²) in [4.78, 5) is 28.0. The lowest BCUT2D eigenvalue weighted by Crippen LogP contribution is -2.12. The number of hydrogen-bond donors (Lipinski definition) is 0. The van der Waals surface area contributed by atoms with E-state index in [4.69, 9.17) is 0 Å². The van der Waals surface area contributed by atoms with E-state index in [1.165, 1.54) is 65.3 Å². The number of aromatic nitrogens is 4. The first kappa shape index (κ1) is 78.1. The number of pyridine rings is 4. The van der Waals surface area contributed by atoms with Crippen LogP contribution in [0.5, 0.6) is 0 Å². The molecule has 0 aliphatic rings. The van der Waals surface area contributed by atoms with Gasteiger partial charge in [-0.2, -0.15) is 0 Å². The molecule has 8 nitrogen and oxygen atoms in total. The fourth-order valence-corrected chi connectivity index (χ4v) is 18.0. The van der Waals surface area contributed by atoms with Gasteiger partial charge < -0.3 is 19.6 Å². The SMILES string of the molecule is c1ccc(N(c2ccccc2)c2ccc(N(c3ccccc3)c3ccc4c(-c5ccc(-c6ccccn6)cc5)c5ccccc5c(-c5ccc(-c6ccccn6)cc5)c4c3)cc2)cc1.c1ccc(N(c2ccccc2)c2ccc(N(c3ccccc3)c3cccc4c(-c5ccc(-c6ccccn6)cc5)c5ccccc5c(-c5ccc(-c6ccccn6)cc5)c34)cc2)cc1. The maximum atomic E-state index is 4.66. The fourth-order valence-electron chi connectivity index (χ4n) is 18.0. The highest BCUT2D eigenvalue weighted by Crippen LogP contribution is 2.53. The summed E-state index contributed by atoms with van der Waals surface area (Å²) in [7, 11) is 0. The fraction of sp³-hybridized carbons (Fsp3) is 0. The van der Waals surface area contributed by atoms with Gasteiger partial charge in [0.2, 0.25) is 0 Å². The molecule has 0 saturated heterocycles. The van der Waals surface area contributed by atoms with Crippen LogP contribution in [-0.4, -0.2) is 19.9 Å². The molecule has 128 heavy (non-hydrogen) atoms. The van der Waals surface area contributed by atoms with Gasteiger partial charge in [-0.3, -0.25) is 19.9 Å². The molecule has 4 heterocycles. The summed E-state index contributed by atoms with van der Waals surface area (Å²) in [5.74, 6) is 0. The lowest BCUT2D eigenvalue weighted by Gasteiger charge is -2.30. The number of benzene rings is 18. The van der Waals surface area contributed by atoms with Crippen LogP contribution in [0, 0.1) is 0 Å². The number of nitrogens with zero attached hydrogens (tertiary/aromatic N) is 8. The van der Waals surface area contributed by atoms with Crippen molar-refractivity contribution in [1.29, 1.82) is 0 Å². The van der Waals surface area contributed by atoms with Gasteiger partial charge in [-0.1, -0.05) is 297 Å². The van der Waals surface area contributed by atoms with Crippen molar-refractivity contribution in [3.8, 4) is 89.5 Å². The Morgan fingerprint density at radius 3 is 0.664 bits per heavy atom. The van der Waals surface area contributed by atoms with Gasteiger partial charge in [-0.25, -0.2) is 0 Å². The summed E-state index contributed by atoms with van der Waals surface area (Å²) in [5, 5.41) is 9.46. The van der Waals surface area contributed by atoms with Gasteiger partial charge in [0.1, 0.15) is 0 Å². The van der Waals surface area contributed by atoms with Crippen molar-refractivity contribution >= 4 is 111 Å². The van der Waals surface area contributed by atoms with E-state index in [0.717, 1.165) is 136 Å². The Hall–Kier alpha value is -17.2. The molecule has 0 N–H and O–H groups in total. The van der Waals surface area contributed by atoms with Gasteiger partial charge in [-0.15, -0.1) is 0 Å². The third-order valence-electron chi connectivity index (χ3n) is 23.9. The van der Waals surface area contributed by atoms with E-state index in [2.05, 4.69) is 476 Å². The van der Waals surface area contributed by atoms with Gasteiger partial charge in [0, 0.05) is 115 Å². The maximum Gasteiger partial charge on any atom is 0.0701 e. The van der Waals surface area contributed by atoms with E-state index in [1.807, 2.05) is 73.3 Å². The molecule has 0 aliphatic heterocycles. The molecule has 0 unspecified atom stereocenters. The van der Waals surface area contributed by atoms with E-state index in [9.17, 15) is 0 Å². The summed E-state index contributed by atoms with van der Waals surface area (Å²) < 4.78 is 0. The zero-order valence-corrected chi connectivity index (χ0v) is 70.1. The molecule has 0 radical (unpaired) electrons. The van der Waals surface area contributed by atoms with Gasteiger partial charge in [0.25, 0.3) is 0 Å². The molecular weight excluding hydrogens is 1550 g/mol. The lowest BCUT2D eigenvalue weighted by molar-refractivity contribution is 1.26. The molecule has 0 aliphatic carbocycles. The van der Waals surface area contributed by atoms with Crippen molar-refractivity contribution in [3.63, 3.8) is 0 Å².